The molecule has 0 amide bonds. The van der Waals surface area contributed by atoms with Crippen LogP contribution in [0.5, 0.6) is 5.75 Å². The summed E-state index contributed by atoms with van der Waals surface area (Å²) in [6, 6.07) is 6.86. The van der Waals surface area contributed by atoms with Crippen molar-refractivity contribution in [2.45, 2.75) is 6.18 Å². The van der Waals surface area contributed by atoms with Crippen LogP contribution in [-0.2, 0) is 23.2 Å². The highest BCUT2D eigenvalue weighted by molar-refractivity contribution is 7.88. The Labute approximate surface area is 170 Å². The maximum atomic E-state index is 13.6. The summed E-state index contributed by atoms with van der Waals surface area (Å²) in [5, 5.41) is 9.31. The number of ether oxygens (including phenoxy) is 1. The van der Waals surface area contributed by atoms with Crippen molar-refractivity contribution in [1.29, 1.82) is 5.26 Å². The summed E-state index contributed by atoms with van der Waals surface area (Å²) in [5.74, 6) is -0.441. The SMILES string of the molecule is Cn1cnc2c(C#N)nc(-c3ccc(OCCNS(C)(=O)=O)c(C(F)(F)F)c3)cc21. The Morgan fingerprint density at radius 1 is 1.30 bits per heavy atom. The zero-order valence-electron chi connectivity index (χ0n) is 15.9. The second-order valence-corrected chi connectivity index (χ2v) is 8.25. The summed E-state index contributed by atoms with van der Waals surface area (Å²) in [7, 11) is -1.78. The van der Waals surface area contributed by atoms with Gasteiger partial charge in [-0.3, -0.25) is 0 Å². The van der Waals surface area contributed by atoms with E-state index in [1.165, 1.54) is 12.4 Å². The number of rotatable bonds is 6. The highest BCUT2D eigenvalue weighted by atomic mass is 32.2. The van der Waals surface area contributed by atoms with E-state index < -0.39 is 27.5 Å². The molecular formula is C18H16F3N5O3S. The number of nitriles is 1. The van der Waals surface area contributed by atoms with Crippen LogP contribution in [0.4, 0.5) is 13.2 Å². The van der Waals surface area contributed by atoms with Crippen molar-refractivity contribution in [2.75, 3.05) is 19.4 Å². The predicted octanol–water partition coefficient (Wildman–Crippen LogP) is 2.45. The first-order valence-electron chi connectivity index (χ1n) is 8.51. The minimum atomic E-state index is -4.72. The van der Waals surface area contributed by atoms with Gasteiger partial charge in [0.1, 0.15) is 23.9 Å². The number of sulfonamides is 1. The molecular weight excluding hydrogens is 423 g/mol. The molecule has 0 aliphatic heterocycles. The Balaban J connectivity index is 1.98. The fraction of sp³-hybridized carbons (Fsp3) is 0.278. The number of aryl methyl sites for hydroxylation is 1. The topological polar surface area (TPSA) is 110 Å². The second-order valence-electron chi connectivity index (χ2n) is 6.41. The first-order valence-corrected chi connectivity index (χ1v) is 10.4. The van der Waals surface area contributed by atoms with Crippen LogP contribution in [0, 0.1) is 11.3 Å². The van der Waals surface area contributed by atoms with Crippen LogP contribution in [-0.4, -0.2) is 42.4 Å². The average molecular weight is 439 g/mol. The highest BCUT2D eigenvalue weighted by Gasteiger charge is 2.35. The second kappa shape index (κ2) is 7.92. The number of benzene rings is 1. The summed E-state index contributed by atoms with van der Waals surface area (Å²) >= 11 is 0. The molecule has 0 saturated heterocycles. The molecule has 0 spiro atoms. The molecule has 2 aromatic heterocycles. The summed E-state index contributed by atoms with van der Waals surface area (Å²) in [5.41, 5.74) is 0.200. The molecule has 1 N–H and O–H groups in total. The Bertz CT molecular complexity index is 1250. The smallest absolute Gasteiger partial charge is 0.419 e. The van der Waals surface area contributed by atoms with Crippen molar-refractivity contribution in [2.24, 2.45) is 7.05 Å². The van der Waals surface area contributed by atoms with E-state index in [1.807, 2.05) is 6.07 Å². The molecule has 0 unspecified atom stereocenters. The lowest BCUT2D eigenvalue weighted by Crippen LogP contribution is -2.27. The van der Waals surface area contributed by atoms with Crippen LogP contribution in [0.2, 0.25) is 0 Å². The molecule has 158 valence electrons. The van der Waals surface area contributed by atoms with E-state index in [-0.39, 0.29) is 30.1 Å². The molecule has 0 aliphatic carbocycles. The van der Waals surface area contributed by atoms with E-state index in [1.54, 1.807) is 17.7 Å². The molecule has 8 nitrogen and oxygen atoms in total. The van der Waals surface area contributed by atoms with Crippen molar-refractivity contribution in [3.05, 3.63) is 41.9 Å². The van der Waals surface area contributed by atoms with Gasteiger partial charge in [-0.1, -0.05) is 0 Å². The van der Waals surface area contributed by atoms with Crippen LogP contribution < -0.4 is 9.46 Å². The van der Waals surface area contributed by atoms with Crippen molar-refractivity contribution in [1.82, 2.24) is 19.3 Å². The molecule has 0 radical (unpaired) electrons. The minimum absolute atomic E-state index is 0.00355. The van der Waals surface area contributed by atoms with E-state index in [9.17, 15) is 26.9 Å². The summed E-state index contributed by atoms with van der Waals surface area (Å²) in [6.07, 6.45) is -2.30. The summed E-state index contributed by atoms with van der Waals surface area (Å²) in [4.78, 5) is 8.22. The monoisotopic (exact) mass is 439 g/mol. The largest absolute Gasteiger partial charge is 0.492 e. The van der Waals surface area contributed by atoms with Gasteiger partial charge in [-0.2, -0.15) is 18.4 Å². The summed E-state index contributed by atoms with van der Waals surface area (Å²) in [6.45, 7) is -0.463. The van der Waals surface area contributed by atoms with Gasteiger partial charge >= 0.3 is 6.18 Å². The van der Waals surface area contributed by atoms with Gasteiger partial charge in [0, 0.05) is 19.2 Å². The van der Waals surface area contributed by atoms with E-state index in [4.69, 9.17) is 4.74 Å². The molecule has 2 heterocycles. The number of imidazole rings is 1. The lowest BCUT2D eigenvalue weighted by Gasteiger charge is -2.15. The molecule has 1 aromatic carbocycles. The van der Waals surface area contributed by atoms with Gasteiger partial charge in [0.05, 0.1) is 29.4 Å². The number of fused-ring (bicyclic) bond motifs is 1. The quantitative estimate of drug-likeness (QED) is 0.591. The van der Waals surface area contributed by atoms with Gasteiger partial charge in [0.2, 0.25) is 10.0 Å². The average Bonchev–Trinajstić information content (AvgIpc) is 3.04. The lowest BCUT2D eigenvalue weighted by atomic mass is 10.1. The number of alkyl halides is 3. The predicted molar refractivity (Wildman–Crippen MR) is 102 cm³/mol. The molecule has 30 heavy (non-hydrogen) atoms. The van der Waals surface area contributed by atoms with Crippen LogP contribution in [0.25, 0.3) is 22.3 Å². The van der Waals surface area contributed by atoms with E-state index >= 15 is 0 Å². The van der Waals surface area contributed by atoms with Crippen molar-refractivity contribution < 1.29 is 26.3 Å². The molecule has 0 aliphatic rings. The lowest BCUT2D eigenvalue weighted by molar-refractivity contribution is -0.138. The first-order chi connectivity index (χ1) is 14.0. The number of halogens is 3. The van der Waals surface area contributed by atoms with Crippen molar-refractivity contribution >= 4 is 21.1 Å². The van der Waals surface area contributed by atoms with Crippen LogP contribution in [0.3, 0.4) is 0 Å². The fourth-order valence-electron chi connectivity index (χ4n) is 2.78. The van der Waals surface area contributed by atoms with Gasteiger partial charge in [-0.15, -0.1) is 0 Å². The van der Waals surface area contributed by atoms with Gasteiger partial charge in [0.25, 0.3) is 0 Å². The molecule has 0 atom stereocenters. The number of nitrogens with one attached hydrogen (secondary N) is 1. The Kier molecular flexibility index (Phi) is 5.69. The normalized spacial score (nSPS) is 12.1. The van der Waals surface area contributed by atoms with Gasteiger partial charge < -0.3 is 9.30 Å². The molecule has 0 fully saturated rings. The van der Waals surface area contributed by atoms with Crippen molar-refractivity contribution in [3.63, 3.8) is 0 Å². The Hall–Kier alpha value is -3.17. The molecule has 12 heteroatoms. The van der Waals surface area contributed by atoms with E-state index in [0.29, 0.717) is 11.0 Å². The zero-order chi connectivity index (χ0) is 22.1. The fourth-order valence-corrected chi connectivity index (χ4v) is 3.23. The van der Waals surface area contributed by atoms with E-state index in [2.05, 4.69) is 14.7 Å². The third kappa shape index (κ3) is 4.69. The molecule has 0 saturated carbocycles. The molecule has 3 rings (SSSR count). The minimum Gasteiger partial charge on any atom is -0.492 e. The number of pyridine rings is 1. The Morgan fingerprint density at radius 2 is 2.03 bits per heavy atom. The van der Waals surface area contributed by atoms with Crippen molar-refractivity contribution in [3.8, 4) is 23.1 Å². The van der Waals surface area contributed by atoms with Gasteiger partial charge in [-0.05, 0) is 24.3 Å². The zero-order valence-corrected chi connectivity index (χ0v) is 16.7. The number of aromatic nitrogens is 3. The van der Waals surface area contributed by atoms with Gasteiger partial charge in [0.15, 0.2) is 5.69 Å². The van der Waals surface area contributed by atoms with Crippen LogP contribution >= 0.6 is 0 Å². The standard InChI is InChI=1S/C18H16F3N5O3S/c1-26-10-23-17-14(9-22)25-13(8-15(17)26)11-3-4-16(12(7-11)18(19,20)21)29-6-5-24-30(2,27)28/h3-4,7-8,10,24H,5-6H2,1-2H3. The highest BCUT2D eigenvalue weighted by Crippen LogP contribution is 2.39. The van der Waals surface area contributed by atoms with Crippen LogP contribution in [0.15, 0.2) is 30.6 Å². The van der Waals surface area contributed by atoms with Gasteiger partial charge in [-0.25, -0.2) is 23.1 Å². The third-order valence-corrected chi connectivity index (χ3v) is 4.85. The number of hydrogen-bond acceptors (Lipinski definition) is 6. The number of nitrogens with zero attached hydrogens (tertiary/aromatic N) is 4. The number of hydrogen-bond donors (Lipinski definition) is 1. The molecule has 3 aromatic rings. The maximum Gasteiger partial charge on any atom is 0.419 e. The summed E-state index contributed by atoms with van der Waals surface area (Å²) < 4.78 is 71.7. The van der Waals surface area contributed by atoms with Crippen LogP contribution in [0.1, 0.15) is 11.3 Å². The Morgan fingerprint density at radius 3 is 2.67 bits per heavy atom. The van der Waals surface area contributed by atoms with E-state index in [0.717, 1.165) is 18.4 Å². The third-order valence-electron chi connectivity index (χ3n) is 4.12. The maximum absolute atomic E-state index is 13.6. The molecule has 0 bridgehead atoms. The first kappa shape index (κ1) is 21.5.